The van der Waals surface area contributed by atoms with Gasteiger partial charge in [-0.3, -0.25) is 0 Å². The number of aromatic nitrogens is 2. The molecule has 206 valence electrons. The molecule has 0 radical (unpaired) electrons. The third-order valence-electron chi connectivity index (χ3n) is 8.09. The van der Waals surface area contributed by atoms with Gasteiger partial charge < -0.3 is 24.0 Å². The molecule has 8 nitrogen and oxygen atoms in total. The molecule has 2 atom stereocenters. The van der Waals surface area contributed by atoms with Crippen LogP contribution in [0, 0.1) is 0 Å². The van der Waals surface area contributed by atoms with Gasteiger partial charge in [0, 0.05) is 22.4 Å². The van der Waals surface area contributed by atoms with Crippen molar-refractivity contribution in [3.8, 4) is 11.3 Å². The van der Waals surface area contributed by atoms with Crippen LogP contribution >= 0.6 is 23.2 Å². The van der Waals surface area contributed by atoms with Crippen molar-refractivity contribution in [2.24, 2.45) is 0 Å². The maximum atomic E-state index is 11.4. The fourth-order valence-electron chi connectivity index (χ4n) is 6.02. The molecule has 2 aliphatic heterocycles. The van der Waals surface area contributed by atoms with Crippen LogP contribution in [0.15, 0.2) is 53.1 Å². The Morgan fingerprint density at radius 2 is 1.80 bits per heavy atom. The number of carboxylic acids is 1. The minimum atomic E-state index is -0.947. The Balaban J connectivity index is 1.11. The zero-order valence-electron chi connectivity index (χ0n) is 21.6. The summed E-state index contributed by atoms with van der Waals surface area (Å²) in [6.07, 6.45) is 3.77. The molecule has 3 fully saturated rings. The van der Waals surface area contributed by atoms with Crippen molar-refractivity contribution >= 4 is 45.9 Å². The summed E-state index contributed by atoms with van der Waals surface area (Å²) in [5.41, 5.74) is 3.29. The second kappa shape index (κ2) is 10.3. The molecule has 1 N–H and O–H groups in total. The highest BCUT2D eigenvalue weighted by Crippen LogP contribution is 2.46. The van der Waals surface area contributed by atoms with Gasteiger partial charge in [-0.25, -0.2) is 9.78 Å². The van der Waals surface area contributed by atoms with Crippen LogP contribution in [0.4, 0.5) is 5.82 Å². The van der Waals surface area contributed by atoms with Gasteiger partial charge in [0.05, 0.1) is 59.1 Å². The number of hydrogen-bond donors (Lipinski definition) is 1. The highest BCUT2D eigenvalue weighted by molar-refractivity contribution is 6.39. The first kappa shape index (κ1) is 25.8. The third kappa shape index (κ3) is 4.73. The fraction of sp³-hybridized carbons (Fsp3) is 0.367. The highest BCUT2D eigenvalue weighted by Gasteiger charge is 2.41. The normalized spacial score (nSPS) is 22.6. The van der Waals surface area contributed by atoms with Crippen molar-refractivity contribution in [2.75, 3.05) is 18.1 Å². The predicted octanol–water partition coefficient (Wildman–Crippen LogP) is 6.73. The van der Waals surface area contributed by atoms with Crippen molar-refractivity contribution < 1.29 is 23.9 Å². The quantitative estimate of drug-likeness (QED) is 0.257. The summed E-state index contributed by atoms with van der Waals surface area (Å²) >= 11 is 13.1. The van der Waals surface area contributed by atoms with E-state index in [1.807, 2.05) is 30.3 Å². The summed E-state index contributed by atoms with van der Waals surface area (Å²) in [7, 11) is 0. The molecule has 40 heavy (non-hydrogen) atoms. The predicted molar refractivity (Wildman–Crippen MR) is 151 cm³/mol. The van der Waals surface area contributed by atoms with Gasteiger partial charge in [-0.15, -0.1) is 0 Å². The van der Waals surface area contributed by atoms with Crippen LogP contribution in [-0.4, -0.2) is 52.6 Å². The molecule has 2 bridgehead atoms. The summed E-state index contributed by atoms with van der Waals surface area (Å²) < 4.78 is 18.3. The summed E-state index contributed by atoms with van der Waals surface area (Å²) in [5.74, 6) is 1.16. The van der Waals surface area contributed by atoms with Crippen LogP contribution in [-0.2, 0) is 16.1 Å². The van der Waals surface area contributed by atoms with Crippen LogP contribution in [0.5, 0.6) is 0 Å². The molecule has 4 aromatic rings. The van der Waals surface area contributed by atoms with Crippen molar-refractivity contribution in [1.29, 1.82) is 0 Å². The van der Waals surface area contributed by atoms with Gasteiger partial charge in [0.25, 0.3) is 0 Å². The number of carboxylic acid groups (broad SMARTS) is 1. The van der Waals surface area contributed by atoms with E-state index in [2.05, 4.69) is 10.1 Å². The first-order valence-corrected chi connectivity index (χ1v) is 14.3. The second-order valence-corrected chi connectivity index (χ2v) is 11.6. The molecule has 2 saturated heterocycles. The number of rotatable bonds is 7. The maximum Gasteiger partial charge on any atom is 0.335 e. The average molecular weight is 580 g/mol. The monoisotopic (exact) mass is 579 g/mol. The molecular weight excluding hydrogens is 553 g/mol. The van der Waals surface area contributed by atoms with Gasteiger partial charge in [-0.2, -0.15) is 0 Å². The highest BCUT2D eigenvalue weighted by atomic mass is 35.5. The van der Waals surface area contributed by atoms with Gasteiger partial charge in [-0.05, 0) is 68.1 Å². The summed E-state index contributed by atoms with van der Waals surface area (Å²) in [4.78, 5) is 18.6. The van der Waals surface area contributed by atoms with Crippen LogP contribution < -0.4 is 4.90 Å². The van der Waals surface area contributed by atoms with E-state index in [9.17, 15) is 9.90 Å². The largest absolute Gasteiger partial charge is 0.478 e. The van der Waals surface area contributed by atoms with Crippen LogP contribution in [0.1, 0.15) is 53.3 Å². The SMILES string of the molecule is O=C(O)c1ccc2nc(N3C4COCC3CC(OCc3c(-c5c(Cl)cccc5Cl)noc3C3CC3)C4)ccc2c1. The number of morpholine rings is 1. The first-order chi connectivity index (χ1) is 19.5. The molecule has 10 heteroatoms. The zero-order valence-corrected chi connectivity index (χ0v) is 23.1. The lowest BCUT2D eigenvalue weighted by atomic mass is 9.91. The van der Waals surface area contributed by atoms with E-state index in [0.717, 1.165) is 53.7 Å². The zero-order chi connectivity index (χ0) is 27.4. The summed E-state index contributed by atoms with van der Waals surface area (Å²) in [5, 5.41) is 15.6. The van der Waals surface area contributed by atoms with Crippen molar-refractivity contribution in [3.63, 3.8) is 0 Å². The number of benzene rings is 2. The van der Waals surface area contributed by atoms with E-state index in [-0.39, 0.29) is 23.8 Å². The molecular formula is C30H27Cl2N3O5. The van der Waals surface area contributed by atoms with Gasteiger partial charge >= 0.3 is 5.97 Å². The molecule has 4 heterocycles. The Hall–Kier alpha value is -3.17. The van der Waals surface area contributed by atoms with E-state index >= 15 is 0 Å². The fourth-order valence-corrected chi connectivity index (χ4v) is 6.59. The number of anilines is 1. The Bertz CT molecular complexity index is 1570. The Labute approximate surface area is 240 Å². The average Bonchev–Trinajstić information content (AvgIpc) is 3.70. The number of aromatic carboxylic acids is 1. The molecule has 3 aliphatic rings. The van der Waals surface area contributed by atoms with Crippen LogP contribution in [0.3, 0.4) is 0 Å². The van der Waals surface area contributed by atoms with E-state index in [4.69, 9.17) is 42.2 Å². The van der Waals surface area contributed by atoms with Gasteiger partial charge in [-0.1, -0.05) is 34.4 Å². The third-order valence-corrected chi connectivity index (χ3v) is 8.72. The van der Waals surface area contributed by atoms with Crippen molar-refractivity contribution in [1.82, 2.24) is 10.1 Å². The lowest BCUT2D eigenvalue weighted by Gasteiger charge is -2.49. The van der Waals surface area contributed by atoms with E-state index in [1.54, 1.807) is 18.2 Å². The minimum Gasteiger partial charge on any atom is -0.478 e. The van der Waals surface area contributed by atoms with Crippen molar-refractivity contribution in [2.45, 2.75) is 56.4 Å². The van der Waals surface area contributed by atoms with E-state index in [0.29, 0.717) is 47.0 Å². The minimum absolute atomic E-state index is 0.0326. The molecule has 0 amide bonds. The van der Waals surface area contributed by atoms with Gasteiger partial charge in [0.1, 0.15) is 17.3 Å². The Kier molecular flexibility index (Phi) is 6.66. The Morgan fingerprint density at radius 1 is 1.05 bits per heavy atom. The number of halogens is 2. The number of nitrogens with zero attached hydrogens (tertiary/aromatic N) is 3. The smallest absolute Gasteiger partial charge is 0.335 e. The summed E-state index contributed by atoms with van der Waals surface area (Å²) in [6, 6.07) is 14.6. The maximum absolute atomic E-state index is 11.4. The summed E-state index contributed by atoms with van der Waals surface area (Å²) in [6.45, 7) is 1.56. The number of fused-ring (bicyclic) bond motifs is 3. The molecule has 1 saturated carbocycles. The molecule has 7 rings (SSSR count). The van der Waals surface area contributed by atoms with E-state index < -0.39 is 5.97 Å². The van der Waals surface area contributed by atoms with Gasteiger partial charge in [0.15, 0.2) is 0 Å². The standard InChI is InChI=1S/C30H27Cl2N3O5/c31-23-2-1-3-24(32)27(23)28-22(29(40-34-28)16-4-5-16)15-39-21-11-19-13-38-14-20(12-21)35(19)26-9-7-17-10-18(30(36)37)6-8-25(17)33-26/h1-3,6-10,16,19-21H,4-5,11-15H2,(H,36,37). The number of ether oxygens (including phenoxy) is 2. The first-order valence-electron chi connectivity index (χ1n) is 13.5. The molecule has 0 spiro atoms. The van der Waals surface area contributed by atoms with Crippen LogP contribution in [0.2, 0.25) is 10.0 Å². The van der Waals surface area contributed by atoms with Crippen LogP contribution in [0.25, 0.3) is 22.2 Å². The van der Waals surface area contributed by atoms with Crippen molar-refractivity contribution in [3.05, 3.63) is 75.5 Å². The second-order valence-electron chi connectivity index (χ2n) is 10.8. The molecule has 1 aliphatic carbocycles. The topological polar surface area (TPSA) is 97.9 Å². The number of pyridine rings is 1. The Morgan fingerprint density at radius 3 is 2.50 bits per heavy atom. The number of hydrogen-bond acceptors (Lipinski definition) is 7. The van der Waals surface area contributed by atoms with E-state index in [1.165, 1.54) is 0 Å². The lowest BCUT2D eigenvalue weighted by molar-refractivity contribution is -0.0397. The molecule has 2 unspecified atom stereocenters. The lowest BCUT2D eigenvalue weighted by Crippen LogP contribution is -2.59. The number of piperidine rings is 1. The molecule has 2 aromatic carbocycles. The molecule has 2 aromatic heterocycles. The van der Waals surface area contributed by atoms with Gasteiger partial charge in [0.2, 0.25) is 0 Å². The number of carbonyl (C=O) groups is 1.